The Kier molecular flexibility index (Phi) is 6.57. The molecule has 0 aliphatic heterocycles. The first-order valence-corrected chi connectivity index (χ1v) is 13.3. The van der Waals surface area contributed by atoms with Crippen molar-refractivity contribution in [3.8, 4) is 28.3 Å². The van der Waals surface area contributed by atoms with E-state index in [0.717, 1.165) is 11.1 Å². The maximum atomic E-state index is 15.2. The minimum absolute atomic E-state index is 0.000861. The zero-order valence-electron chi connectivity index (χ0n) is 21.2. The van der Waals surface area contributed by atoms with E-state index in [1.54, 1.807) is 53.4 Å². The molecule has 6 aromatic rings. The van der Waals surface area contributed by atoms with Gasteiger partial charge in [-0.05, 0) is 89.0 Å². The number of carbonyl (C=O) groups excluding carboxylic acids is 1. The fourth-order valence-electron chi connectivity index (χ4n) is 4.65. The molecule has 0 aliphatic rings. The Morgan fingerprint density at radius 2 is 1.80 bits per heavy atom. The molecule has 0 N–H and O–H groups in total. The van der Waals surface area contributed by atoms with Crippen LogP contribution in [-0.4, -0.2) is 20.0 Å². The SMILES string of the molecule is Cc1ccn(-c2ccc(F)cc2)c(=O)c1C(=O)Cc1ccc(Oc2ccnn3ccc(-c4ccsc4)c23)c(F)c1. The van der Waals surface area contributed by atoms with Crippen molar-refractivity contribution in [3.05, 3.63) is 135 Å². The minimum Gasteiger partial charge on any atom is -0.452 e. The van der Waals surface area contributed by atoms with E-state index in [1.807, 2.05) is 29.1 Å². The molecule has 0 amide bonds. The Morgan fingerprint density at radius 1 is 0.975 bits per heavy atom. The molecule has 0 bridgehead atoms. The van der Waals surface area contributed by atoms with E-state index in [0.29, 0.717) is 28.1 Å². The first-order valence-electron chi connectivity index (χ1n) is 12.4. The molecule has 0 unspecified atom stereocenters. The highest BCUT2D eigenvalue weighted by atomic mass is 32.1. The van der Waals surface area contributed by atoms with Gasteiger partial charge in [-0.25, -0.2) is 13.3 Å². The van der Waals surface area contributed by atoms with Crippen LogP contribution in [0.25, 0.3) is 22.3 Å². The molecule has 4 heterocycles. The number of hydrogen-bond acceptors (Lipinski definition) is 5. The maximum absolute atomic E-state index is 15.2. The molecule has 2 aromatic carbocycles. The summed E-state index contributed by atoms with van der Waals surface area (Å²) in [5.41, 5.74) is 3.44. The monoisotopic (exact) mass is 553 g/mol. The first-order chi connectivity index (χ1) is 19.4. The van der Waals surface area contributed by atoms with Crippen molar-refractivity contribution < 1.29 is 18.3 Å². The van der Waals surface area contributed by atoms with E-state index in [9.17, 15) is 14.0 Å². The molecule has 0 fully saturated rings. The fourth-order valence-corrected chi connectivity index (χ4v) is 5.30. The molecule has 4 aromatic heterocycles. The lowest BCUT2D eigenvalue weighted by Gasteiger charge is -2.12. The molecule has 0 saturated carbocycles. The van der Waals surface area contributed by atoms with Crippen molar-refractivity contribution in [2.75, 3.05) is 0 Å². The molecule has 0 saturated heterocycles. The second kappa shape index (κ2) is 10.3. The summed E-state index contributed by atoms with van der Waals surface area (Å²) in [5, 5.41) is 8.31. The highest BCUT2D eigenvalue weighted by Gasteiger charge is 2.19. The number of Topliss-reactive ketones (excluding diaryl/α,β-unsaturated/α-hetero) is 1. The summed E-state index contributed by atoms with van der Waals surface area (Å²) in [6, 6.07) is 17.0. The summed E-state index contributed by atoms with van der Waals surface area (Å²) in [5.74, 6) is -1.09. The number of ether oxygens (including phenoxy) is 1. The number of halogens is 2. The van der Waals surface area contributed by atoms with Gasteiger partial charge in [-0.1, -0.05) is 6.07 Å². The van der Waals surface area contributed by atoms with Crippen LogP contribution >= 0.6 is 11.3 Å². The van der Waals surface area contributed by atoms with Gasteiger partial charge < -0.3 is 4.74 Å². The molecule has 0 spiro atoms. The van der Waals surface area contributed by atoms with Crippen LogP contribution in [-0.2, 0) is 6.42 Å². The number of thiophene rings is 1. The number of aromatic nitrogens is 3. The summed E-state index contributed by atoms with van der Waals surface area (Å²) < 4.78 is 37.5. The number of fused-ring (bicyclic) bond motifs is 1. The van der Waals surface area contributed by atoms with Crippen molar-refractivity contribution in [2.24, 2.45) is 0 Å². The van der Waals surface area contributed by atoms with Crippen LogP contribution in [0.15, 0.2) is 101 Å². The van der Waals surface area contributed by atoms with E-state index in [1.165, 1.54) is 41.0 Å². The zero-order valence-corrected chi connectivity index (χ0v) is 22.0. The van der Waals surface area contributed by atoms with Gasteiger partial charge in [0.1, 0.15) is 11.3 Å². The van der Waals surface area contributed by atoms with Crippen LogP contribution < -0.4 is 10.3 Å². The van der Waals surface area contributed by atoms with Crippen LogP contribution in [0.1, 0.15) is 21.5 Å². The largest absolute Gasteiger partial charge is 0.452 e. The van der Waals surface area contributed by atoms with E-state index in [2.05, 4.69) is 5.10 Å². The lowest BCUT2D eigenvalue weighted by molar-refractivity contribution is 0.0990. The summed E-state index contributed by atoms with van der Waals surface area (Å²) in [7, 11) is 0. The second-order valence-electron chi connectivity index (χ2n) is 9.22. The summed E-state index contributed by atoms with van der Waals surface area (Å²) in [6.07, 6.45) is 4.75. The van der Waals surface area contributed by atoms with Crippen molar-refractivity contribution in [1.82, 2.24) is 14.2 Å². The van der Waals surface area contributed by atoms with Crippen LogP contribution in [0.2, 0.25) is 0 Å². The molecule has 6 rings (SSSR count). The van der Waals surface area contributed by atoms with Gasteiger partial charge in [0.2, 0.25) is 0 Å². The van der Waals surface area contributed by atoms with Gasteiger partial charge in [0.05, 0.1) is 11.8 Å². The Morgan fingerprint density at radius 3 is 2.55 bits per heavy atom. The number of benzene rings is 2. The number of nitrogens with zero attached hydrogens (tertiary/aromatic N) is 3. The molecular formula is C31H21F2N3O3S. The predicted octanol–water partition coefficient (Wildman–Crippen LogP) is 7.02. The molecule has 0 radical (unpaired) electrons. The first kappa shape index (κ1) is 25.4. The van der Waals surface area contributed by atoms with Gasteiger partial charge in [0.15, 0.2) is 23.1 Å². The highest BCUT2D eigenvalue weighted by Crippen LogP contribution is 2.35. The lowest BCUT2D eigenvalue weighted by Crippen LogP contribution is -2.27. The third-order valence-electron chi connectivity index (χ3n) is 6.61. The van der Waals surface area contributed by atoms with Gasteiger partial charge in [-0.3, -0.25) is 14.2 Å². The van der Waals surface area contributed by atoms with Crippen molar-refractivity contribution in [2.45, 2.75) is 13.3 Å². The predicted molar refractivity (Wildman–Crippen MR) is 150 cm³/mol. The number of ketones is 1. The molecular weight excluding hydrogens is 532 g/mol. The smallest absolute Gasteiger partial charge is 0.266 e. The van der Waals surface area contributed by atoms with Crippen LogP contribution in [0.3, 0.4) is 0 Å². The van der Waals surface area contributed by atoms with Gasteiger partial charge in [0, 0.05) is 36.1 Å². The third kappa shape index (κ3) is 4.71. The van der Waals surface area contributed by atoms with E-state index in [4.69, 9.17) is 4.74 Å². The van der Waals surface area contributed by atoms with Crippen LogP contribution in [0, 0.1) is 18.6 Å². The number of pyridine rings is 1. The standard InChI is InChI=1S/C31H21F2N3O3S/c1-19-9-13-35(23-5-3-22(32)4-6-23)31(38)29(19)26(37)17-20-2-7-27(25(33)16-20)39-28-8-12-34-36-14-10-24(30(28)36)21-11-15-40-18-21/h2-16,18H,17H2,1H3. The number of aryl methyl sites for hydroxylation is 1. The maximum Gasteiger partial charge on any atom is 0.266 e. The van der Waals surface area contributed by atoms with E-state index < -0.39 is 23.0 Å². The molecule has 0 aliphatic carbocycles. The Hall–Kier alpha value is -4.89. The van der Waals surface area contributed by atoms with E-state index >= 15 is 4.39 Å². The Balaban J connectivity index is 1.27. The van der Waals surface area contributed by atoms with Gasteiger partial charge in [-0.2, -0.15) is 16.4 Å². The van der Waals surface area contributed by atoms with Crippen molar-refractivity contribution >= 4 is 22.6 Å². The quantitative estimate of drug-likeness (QED) is 0.199. The lowest BCUT2D eigenvalue weighted by atomic mass is 10.0. The third-order valence-corrected chi connectivity index (χ3v) is 7.30. The highest BCUT2D eigenvalue weighted by molar-refractivity contribution is 7.08. The normalized spacial score (nSPS) is 11.2. The van der Waals surface area contributed by atoms with Gasteiger partial charge >= 0.3 is 0 Å². The summed E-state index contributed by atoms with van der Waals surface area (Å²) in [6.45, 7) is 1.67. The molecule has 0 atom stereocenters. The van der Waals surface area contributed by atoms with Crippen LogP contribution in [0.4, 0.5) is 8.78 Å². The second-order valence-corrected chi connectivity index (χ2v) is 10.0. The number of rotatable bonds is 7. The van der Waals surface area contributed by atoms with Crippen molar-refractivity contribution in [3.63, 3.8) is 0 Å². The number of carbonyl (C=O) groups is 1. The average Bonchev–Trinajstić information content (AvgIpc) is 3.62. The fraction of sp³-hybridized carbons (Fsp3) is 0.0645. The Labute approximate surface area is 231 Å². The van der Waals surface area contributed by atoms with Gasteiger partial charge in [-0.15, -0.1) is 0 Å². The molecule has 40 heavy (non-hydrogen) atoms. The molecule has 198 valence electrons. The molecule has 6 nitrogen and oxygen atoms in total. The van der Waals surface area contributed by atoms with Crippen LogP contribution in [0.5, 0.6) is 11.5 Å². The molecule has 9 heteroatoms. The van der Waals surface area contributed by atoms with Gasteiger partial charge in [0.25, 0.3) is 5.56 Å². The number of hydrogen-bond donors (Lipinski definition) is 0. The zero-order chi connectivity index (χ0) is 27.8. The average molecular weight is 554 g/mol. The topological polar surface area (TPSA) is 65.6 Å². The summed E-state index contributed by atoms with van der Waals surface area (Å²) in [4.78, 5) is 26.4. The van der Waals surface area contributed by atoms with E-state index in [-0.39, 0.29) is 17.7 Å². The summed E-state index contributed by atoms with van der Waals surface area (Å²) >= 11 is 1.57. The van der Waals surface area contributed by atoms with Crippen molar-refractivity contribution in [1.29, 1.82) is 0 Å². The Bertz CT molecular complexity index is 1930. The minimum atomic E-state index is -0.641.